The van der Waals surface area contributed by atoms with E-state index in [0.717, 1.165) is 61.0 Å². The highest BCUT2D eigenvalue weighted by atomic mass is 15.0. The van der Waals surface area contributed by atoms with Gasteiger partial charge in [0.25, 0.3) is 0 Å². The van der Waals surface area contributed by atoms with Crippen LogP contribution >= 0.6 is 0 Å². The fraction of sp³-hybridized carbons (Fsp3) is 0. The number of pyridine rings is 2. The maximum atomic E-state index is 5.16. The molecule has 6 aromatic carbocycles. The predicted molar refractivity (Wildman–Crippen MR) is 195 cm³/mol. The van der Waals surface area contributed by atoms with Crippen LogP contribution in [-0.4, -0.2) is 24.9 Å². The second-order valence-electron chi connectivity index (χ2n) is 11.8. The molecule has 3 aromatic heterocycles. The van der Waals surface area contributed by atoms with Gasteiger partial charge in [0.2, 0.25) is 0 Å². The van der Waals surface area contributed by atoms with Crippen LogP contribution in [-0.2, 0) is 0 Å². The van der Waals surface area contributed by atoms with Crippen LogP contribution in [0.2, 0.25) is 0 Å². The molecule has 0 bridgehead atoms. The Balaban J connectivity index is 1.10. The summed E-state index contributed by atoms with van der Waals surface area (Å²) in [6.45, 7) is 0. The summed E-state index contributed by atoms with van der Waals surface area (Å²) in [6, 6.07) is 55.9. The molecule has 0 aliphatic heterocycles. The monoisotopic (exact) mass is 613 g/mol. The van der Waals surface area contributed by atoms with E-state index < -0.39 is 0 Å². The lowest BCUT2D eigenvalue weighted by atomic mass is 10.0. The van der Waals surface area contributed by atoms with Crippen molar-refractivity contribution in [2.45, 2.75) is 0 Å². The van der Waals surface area contributed by atoms with Crippen molar-refractivity contribution < 1.29 is 0 Å². The molecular weight excluding hydrogens is 587 g/mol. The van der Waals surface area contributed by atoms with E-state index in [-0.39, 0.29) is 0 Å². The Morgan fingerprint density at radius 3 is 1.21 bits per heavy atom. The maximum Gasteiger partial charge on any atom is 0.164 e. The van der Waals surface area contributed by atoms with Gasteiger partial charge in [-0.15, -0.1) is 0 Å². The van der Waals surface area contributed by atoms with Crippen LogP contribution in [0.4, 0.5) is 0 Å². The Hall–Kier alpha value is -6.59. The molecule has 0 radical (unpaired) electrons. The van der Waals surface area contributed by atoms with E-state index in [9.17, 15) is 0 Å². The molecule has 0 N–H and O–H groups in total. The summed E-state index contributed by atoms with van der Waals surface area (Å²) in [5.74, 6) is 1.90. The summed E-state index contributed by atoms with van der Waals surface area (Å²) < 4.78 is 0. The van der Waals surface area contributed by atoms with Crippen LogP contribution in [0.5, 0.6) is 0 Å². The fourth-order valence-corrected chi connectivity index (χ4v) is 6.17. The van der Waals surface area contributed by atoms with Crippen molar-refractivity contribution in [1.29, 1.82) is 0 Å². The number of aromatic nitrogens is 5. The zero-order valence-corrected chi connectivity index (χ0v) is 25.8. The maximum absolute atomic E-state index is 5.16. The zero-order valence-electron chi connectivity index (χ0n) is 25.8. The highest BCUT2D eigenvalue weighted by molar-refractivity contribution is 6.04. The Kier molecular flexibility index (Phi) is 6.72. The minimum absolute atomic E-state index is 0.622. The first-order valence-electron chi connectivity index (χ1n) is 15.9. The number of benzene rings is 6. The fourth-order valence-electron chi connectivity index (χ4n) is 6.17. The van der Waals surface area contributed by atoms with Gasteiger partial charge in [-0.2, -0.15) is 0 Å². The average Bonchev–Trinajstić information content (AvgIpc) is 3.18. The van der Waals surface area contributed by atoms with Crippen molar-refractivity contribution in [2.75, 3.05) is 0 Å². The third kappa shape index (κ3) is 5.13. The lowest BCUT2D eigenvalue weighted by Crippen LogP contribution is -2.00. The number of hydrogen-bond donors (Lipinski definition) is 0. The lowest BCUT2D eigenvalue weighted by Gasteiger charge is -2.10. The third-order valence-electron chi connectivity index (χ3n) is 8.70. The van der Waals surface area contributed by atoms with Gasteiger partial charge in [0.1, 0.15) is 0 Å². The number of rotatable bonds is 5. The second kappa shape index (κ2) is 11.6. The van der Waals surface area contributed by atoms with Crippen LogP contribution in [0.3, 0.4) is 0 Å². The molecular formula is C43H27N5. The van der Waals surface area contributed by atoms with Crippen LogP contribution in [0.25, 0.3) is 89.3 Å². The molecule has 0 unspecified atom stereocenters. The topological polar surface area (TPSA) is 64.5 Å². The molecule has 0 atom stereocenters. The van der Waals surface area contributed by atoms with Crippen LogP contribution in [0, 0.1) is 0 Å². The molecule has 0 spiro atoms. The van der Waals surface area contributed by atoms with Crippen molar-refractivity contribution >= 4 is 32.6 Å². The number of hydrogen-bond acceptors (Lipinski definition) is 5. The van der Waals surface area contributed by atoms with Crippen molar-refractivity contribution in [3.05, 3.63) is 164 Å². The molecule has 9 rings (SSSR count). The van der Waals surface area contributed by atoms with Gasteiger partial charge >= 0.3 is 0 Å². The van der Waals surface area contributed by atoms with E-state index in [4.69, 9.17) is 24.9 Å². The van der Waals surface area contributed by atoms with Crippen LogP contribution in [0.1, 0.15) is 0 Å². The van der Waals surface area contributed by atoms with E-state index >= 15 is 0 Å². The van der Waals surface area contributed by atoms with Gasteiger partial charge in [0.05, 0.1) is 22.4 Å². The third-order valence-corrected chi connectivity index (χ3v) is 8.70. The Labute approximate surface area is 277 Å². The summed E-state index contributed by atoms with van der Waals surface area (Å²) in [6.07, 6.45) is 0. The van der Waals surface area contributed by atoms with E-state index in [1.807, 2.05) is 60.7 Å². The molecule has 5 nitrogen and oxygen atoms in total. The molecule has 0 fully saturated rings. The standard InChI is InChI=1S/C43H27N5/c1-3-10-32(11-4-1)41-46-42(33-12-5-2-6-13-33)48-43(47-41)34-20-16-29(17-21-34)37-25-23-30-18-19-31-24-26-38(45-40(31)39(30)44-37)36-22-15-28-9-7-8-14-35(28)27-36/h1-27H. The SMILES string of the molecule is c1ccc(-c2nc(-c3ccccc3)nc(-c3ccc(-c4ccc5ccc6ccc(-c7ccc8ccccc8c7)nc6c5n4)cc3)n2)cc1. The molecule has 0 aliphatic carbocycles. The van der Waals surface area contributed by atoms with Gasteiger partial charge in [-0.25, -0.2) is 24.9 Å². The minimum Gasteiger partial charge on any atom is -0.245 e. The van der Waals surface area contributed by atoms with Crippen molar-refractivity contribution in [3.8, 4) is 56.7 Å². The van der Waals surface area contributed by atoms with E-state index in [1.54, 1.807) is 0 Å². The zero-order chi connectivity index (χ0) is 31.9. The first-order valence-corrected chi connectivity index (χ1v) is 15.9. The summed E-state index contributed by atoms with van der Waals surface area (Å²) in [7, 11) is 0. The van der Waals surface area contributed by atoms with Gasteiger partial charge in [0.15, 0.2) is 17.5 Å². The molecule has 5 heteroatoms. The predicted octanol–water partition coefficient (Wildman–Crippen LogP) is 10.5. The van der Waals surface area contributed by atoms with Crippen molar-refractivity contribution in [2.24, 2.45) is 0 Å². The highest BCUT2D eigenvalue weighted by Crippen LogP contribution is 2.31. The smallest absolute Gasteiger partial charge is 0.164 e. The molecule has 0 amide bonds. The Morgan fingerprint density at radius 1 is 0.250 bits per heavy atom. The average molecular weight is 614 g/mol. The number of fused-ring (bicyclic) bond motifs is 4. The first-order chi connectivity index (χ1) is 23.7. The highest BCUT2D eigenvalue weighted by Gasteiger charge is 2.13. The van der Waals surface area contributed by atoms with Gasteiger partial charge < -0.3 is 0 Å². The first kappa shape index (κ1) is 27.7. The number of nitrogens with zero attached hydrogens (tertiary/aromatic N) is 5. The summed E-state index contributed by atoms with van der Waals surface area (Å²) >= 11 is 0. The van der Waals surface area contributed by atoms with Gasteiger partial charge in [-0.05, 0) is 29.0 Å². The van der Waals surface area contributed by atoms with E-state index in [0.29, 0.717) is 17.5 Å². The van der Waals surface area contributed by atoms with Crippen molar-refractivity contribution in [1.82, 2.24) is 24.9 Å². The van der Waals surface area contributed by atoms with Crippen LogP contribution in [0.15, 0.2) is 164 Å². The lowest BCUT2D eigenvalue weighted by molar-refractivity contribution is 1.07. The second-order valence-corrected chi connectivity index (χ2v) is 11.8. The van der Waals surface area contributed by atoms with Crippen molar-refractivity contribution in [3.63, 3.8) is 0 Å². The normalized spacial score (nSPS) is 11.3. The van der Waals surface area contributed by atoms with E-state index in [2.05, 4.69) is 103 Å². The van der Waals surface area contributed by atoms with Gasteiger partial charge in [-0.3, -0.25) is 0 Å². The minimum atomic E-state index is 0.622. The molecule has 224 valence electrons. The quantitative estimate of drug-likeness (QED) is 0.181. The molecule has 3 heterocycles. The summed E-state index contributed by atoms with van der Waals surface area (Å²) in [5, 5.41) is 4.53. The Bertz CT molecular complexity index is 2540. The molecule has 0 saturated heterocycles. The largest absolute Gasteiger partial charge is 0.245 e. The Morgan fingerprint density at radius 2 is 0.646 bits per heavy atom. The van der Waals surface area contributed by atoms with Crippen LogP contribution < -0.4 is 0 Å². The molecule has 0 saturated carbocycles. The molecule has 9 aromatic rings. The summed E-state index contributed by atoms with van der Waals surface area (Å²) in [4.78, 5) is 24.9. The molecule has 48 heavy (non-hydrogen) atoms. The summed E-state index contributed by atoms with van der Waals surface area (Å²) in [5.41, 5.74) is 8.47. The van der Waals surface area contributed by atoms with Gasteiger partial charge in [-0.1, -0.05) is 146 Å². The molecule has 0 aliphatic rings. The van der Waals surface area contributed by atoms with Gasteiger partial charge in [0, 0.05) is 38.6 Å². The van der Waals surface area contributed by atoms with E-state index in [1.165, 1.54) is 10.8 Å².